The second kappa shape index (κ2) is 7.67. The van der Waals surface area contributed by atoms with Gasteiger partial charge in [-0.2, -0.15) is 5.10 Å². The number of methoxy groups -OCH3 is 1. The molecule has 3 heterocycles. The van der Waals surface area contributed by atoms with Gasteiger partial charge in [0, 0.05) is 24.9 Å². The maximum absolute atomic E-state index is 13.3. The van der Waals surface area contributed by atoms with E-state index in [2.05, 4.69) is 15.1 Å². The number of carbonyl (C=O) groups is 1. The van der Waals surface area contributed by atoms with Gasteiger partial charge in [-0.15, -0.1) is 0 Å². The zero-order valence-corrected chi connectivity index (χ0v) is 16.6. The monoisotopic (exact) mass is 399 g/mol. The molecule has 0 unspecified atom stereocenters. The second-order valence-corrected chi connectivity index (χ2v) is 7.44. The number of nitrogens with zero attached hydrogens (tertiary/aromatic N) is 4. The van der Waals surface area contributed by atoms with E-state index in [4.69, 9.17) is 16.3 Å². The first kappa shape index (κ1) is 18.6. The lowest BCUT2D eigenvalue weighted by atomic mass is 9.94. The fraction of sp³-hybridized carbons (Fsp3) is 0.350. The molecule has 3 aromatic rings. The SMILES string of the molecule is COc1ccc([C@H]2c3nc[nH]c3CCN2C(=O)[C@H](C)Cn2cc(Cl)cn2)cc1. The Balaban J connectivity index is 1.62. The molecule has 1 aromatic carbocycles. The van der Waals surface area contributed by atoms with Crippen molar-refractivity contribution in [3.05, 3.63) is 65.0 Å². The van der Waals surface area contributed by atoms with E-state index in [-0.39, 0.29) is 17.9 Å². The Bertz CT molecular complexity index is 965. The molecule has 1 aliphatic heterocycles. The third kappa shape index (κ3) is 3.49. The predicted molar refractivity (Wildman–Crippen MR) is 105 cm³/mol. The van der Waals surface area contributed by atoms with Gasteiger partial charge in [-0.25, -0.2) is 4.98 Å². The molecule has 28 heavy (non-hydrogen) atoms. The standard InChI is InChI=1S/C20H22ClN5O2/c1-13(10-25-11-15(21)9-24-25)20(27)26-8-7-17-18(23-12-22-17)19(26)14-3-5-16(28-2)6-4-14/h3-6,9,11-13,19H,7-8,10H2,1-2H3,(H,22,23)/t13-,19+/m1/s1. The first-order valence-electron chi connectivity index (χ1n) is 9.21. The number of fused-ring (bicyclic) bond motifs is 1. The maximum Gasteiger partial charge on any atom is 0.228 e. The van der Waals surface area contributed by atoms with E-state index in [0.717, 1.165) is 29.1 Å². The number of rotatable bonds is 5. The van der Waals surface area contributed by atoms with E-state index in [1.165, 1.54) is 0 Å². The first-order valence-corrected chi connectivity index (χ1v) is 9.59. The normalized spacial score (nSPS) is 17.2. The van der Waals surface area contributed by atoms with E-state index in [1.807, 2.05) is 36.1 Å². The van der Waals surface area contributed by atoms with Gasteiger partial charge in [0.15, 0.2) is 0 Å². The van der Waals surface area contributed by atoms with Crippen molar-refractivity contribution in [2.24, 2.45) is 5.92 Å². The van der Waals surface area contributed by atoms with Crippen LogP contribution < -0.4 is 4.74 Å². The van der Waals surface area contributed by atoms with Crippen LogP contribution in [0.5, 0.6) is 5.75 Å². The number of aromatic amines is 1. The number of aromatic nitrogens is 4. The highest BCUT2D eigenvalue weighted by Gasteiger charge is 2.35. The Labute approximate surface area is 168 Å². The summed E-state index contributed by atoms with van der Waals surface area (Å²) in [6.45, 7) is 3.03. The molecule has 4 rings (SSSR count). The fourth-order valence-corrected chi connectivity index (χ4v) is 3.87. The molecule has 0 bridgehead atoms. The number of nitrogens with one attached hydrogen (secondary N) is 1. The topological polar surface area (TPSA) is 76.0 Å². The van der Waals surface area contributed by atoms with Crippen molar-refractivity contribution in [3.8, 4) is 5.75 Å². The van der Waals surface area contributed by atoms with Crippen LogP contribution >= 0.6 is 11.6 Å². The van der Waals surface area contributed by atoms with Gasteiger partial charge in [0.1, 0.15) is 11.8 Å². The summed E-state index contributed by atoms with van der Waals surface area (Å²) < 4.78 is 6.97. The highest BCUT2D eigenvalue weighted by molar-refractivity contribution is 6.30. The minimum Gasteiger partial charge on any atom is -0.497 e. The van der Waals surface area contributed by atoms with Crippen molar-refractivity contribution in [2.75, 3.05) is 13.7 Å². The molecule has 1 aliphatic rings. The van der Waals surface area contributed by atoms with Crippen LogP contribution in [-0.4, -0.2) is 44.2 Å². The van der Waals surface area contributed by atoms with Crippen LogP contribution in [0.25, 0.3) is 0 Å². The van der Waals surface area contributed by atoms with Gasteiger partial charge in [0.2, 0.25) is 5.91 Å². The zero-order chi connectivity index (χ0) is 19.7. The van der Waals surface area contributed by atoms with Crippen molar-refractivity contribution < 1.29 is 9.53 Å². The number of halogens is 1. The summed E-state index contributed by atoms with van der Waals surface area (Å²) in [5, 5.41) is 4.75. The molecular formula is C20H22ClN5O2. The van der Waals surface area contributed by atoms with E-state index in [9.17, 15) is 4.79 Å². The molecule has 2 aromatic heterocycles. The molecule has 8 heteroatoms. The highest BCUT2D eigenvalue weighted by Crippen LogP contribution is 2.35. The van der Waals surface area contributed by atoms with Crippen molar-refractivity contribution >= 4 is 17.5 Å². The molecule has 0 saturated heterocycles. The van der Waals surface area contributed by atoms with E-state index >= 15 is 0 Å². The first-order chi connectivity index (χ1) is 13.6. The molecule has 0 aliphatic carbocycles. The smallest absolute Gasteiger partial charge is 0.228 e. The molecule has 1 N–H and O–H groups in total. The summed E-state index contributed by atoms with van der Waals surface area (Å²) in [7, 11) is 1.64. The number of H-pyrrole nitrogens is 1. The summed E-state index contributed by atoms with van der Waals surface area (Å²) in [5.74, 6) is 0.613. The molecular weight excluding hydrogens is 378 g/mol. The minimum absolute atomic E-state index is 0.0705. The Hall–Kier alpha value is -2.80. The summed E-state index contributed by atoms with van der Waals surface area (Å²) in [4.78, 5) is 23.0. The fourth-order valence-electron chi connectivity index (χ4n) is 3.72. The van der Waals surface area contributed by atoms with Gasteiger partial charge in [0.05, 0.1) is 42.8 Å². The Morgan fingerprint density at radius 2 is 2.18 bits per heavy atom. The maximum atomic E-state index is 13.3. The van der Waals surface area contributed by atoms with Gasteiger partial charge in [-0.1, -0.05) is 30.7 Å². The third-order valence-corrected chi connectivity index (χ3v) is 5.32. The lowest BCUT2D eigenvalue weighted by molar-refractivity contribution is -0.137. The Kier molecular flexibility index (Phi) is 5.09. The van der Waals surface area contributed by atoms with Crippen LogP contribution in [0.3, 0.4) is 0 Å². The van der Waals surface area contributed by atoms with Crippen LogP contribution in [0.2, 0.25) is 5.02 Å². The number of hydrogen-bond donors (Lipinski definition) is 1. The van der Waals surface area contributed by atoms with E-state index in [1.54, 1.807) is 30.5 Å². The lowest BCUT2D eigenvalue weighted by Gasteiger charge is -2.37. The number of imidazole rings is 1. The van der Waals surface area contributed by atoms with Gasteiger partial charge in [0.25, 0.3) is 0 Å². The second-order valence-electron chi connectivity index (χ2n) is 7.01. The summed E-state index contributed by atoms with van der Waals surface area (Å²) in [5.41, 5.74) is 2.99. The van der Waals surface area contributed by atoms with Crippen LogP contribution in [0.15, 0.2) is 43.0 Å². The molecule has 0 saturated carbocycles. The van der Waals surface area contributed by atoms with E-state index in [0.29, 0.717) is 18.1 Å². The third-order valence-electron chi connectivity index (χ3n) is 5.12. The summed E-state index contributed by atoms with van der Waals surface area (Å²) in [6.07, 6.45) is 5.77. The Morgan fingerprint density at radius 3 is 2.86 bits per heavy atom. The molecule has 146 valence electrons. The molecule has 0 fully saturated rings. The average molecular weight is 400 g/mol. The average Bonchev–Trinajstić information content (AvgIpc) is 3.35. The minimum atomic E-state index is -0.239. The number of benzene rings is 1. The molecule has 1 amide bonds. The van der Waals surface area contributed by atoms with Crippen LogP contribution in [0.1, 0.15) is 29.9 Å². The number of amides is 1. The molecule has 2 atom stereocenters. The van der Waals surface area contributed by atoms with Crippen LogP contribution in [0, 0.1) is 5.92 Å². The van der Waals surface area contributed by atoms with Crippen molar-refractivity contribution in [2.45, 2.75) is 25.9 Å². The zero-order valence-electron chi connectivity index (χ0n) is 15.8. The number of carbonyl (C=O) groups excluding carboxylic acids is 1. The van der Waals surface area contributed by atoms with Gasteiger partial charge in [-0.3, -0.25) is 9.48 Å². The summed E-state index contributed by atoms with van der Waals surface area (Å²) in [6, 6.07) is 7.58. The van der Waals surface area contributed by atoms with Crippen molar-refractivity contribution in [1.29, 1.82) is 0 Å². The Morgan fingerprint density at radius 1 is 1.39 bits per heavy atom. The molecule has 7 nitrogen and oxygen atoms in total. The largest absolute Gasteiger partial charge is 0.497 e. The van der Waals surface area contributed by atoms with E-state index < -0.39 is 0 Å². The van der Waals surface area contributed by atoms with Gasteiger partial charge in [-0.05, 0) is 17.7 Å². The highest BCUT2D eigenvalue weighted by atomic mass is 35.5. The van der Waals surface area contributed by atoms with Crippen LogP contribution in [-0.2, 0) is 17.8 Å². The number of hydrogen-bond acceptors (Lipinski definition) is 4. The quantitative estimate of drug-likeness (QED) is 0.715. The van der Waals surface area contributed by atoms with Crippen molar-refractivity contribution in [1.82, 2.24) is 24.6 Å². The molecule has 0 spiro atoms. The van der Waals surface area contributed by atoms with Gasteiger partial charge < -0.3 is 14.6 Å². The van der Waals surface area contributed by atoms with Gasteiger partial charge >= 0.3 is 0 Å². The van der Waals surface area contributed by atoms with Crippen LogP contribution in [0.4, 0.5) is 0 Å². The molecule has 0 radical (unpaired) electrons. The predicted octanol–water partition coefficient (Wildman–Crippen LogP) is 3.08. The summed E-state index contributed by atoms with van der Waals surface area (Å²) >= 11 is 5.94. The number of ether oxygens (including phenoxy) is 1. The van der Waals surface area contributed by atoms with Crippen molar-refractivity contribution in [3.63, 3.8) is 0 Å². The lowest BCUT2D eigenvalue weighted by Crippen LogP contribution is -2.44.